The van der Waals surface area contributed by atoms with Crippen molar-refractivity contribution in [1.82, 2.24) is 20.2 Å². The lowest BCUT2D eigenvalue weighted by atomic mass is 10.1. The highest BCUT2D eigenvalue weighted by Gasteiger charge is 2.24. The van der Waals surface area contributed by atoms with Gasteiger partial charge in [0.05, 0.1) is 11.4 Å². The molecule has 2 fully saturated rings. The van der Waals surface area contributed by atoms with Crippen molar-refractivity contribution in [2.24, 2.45) is 5.92 Å². The Balaban J connectivity index is 1.36. The number of nitrogens with two attached hydrogens (primary N) is 1. The molecular formula is C25H29N7O. The molecule has 2 aliphatic rings. The molecule has 1 saturated heterocycles. The quantitative estimate of drug-likeness (QED) is 0.614. The number of aromatic hydroxyl groups is 1. The fraction of sp³-hybridized carbons (Fsp3) is 0.360. The molecule has 0 amide bonds. The molecule has 8 heteroatoms. The topological polar surface area (TPSA) is 104 Å². The molecule has 3 heterocycles. The number of phenolic OH excluding ortho intramolecular Hbond substituents is 1. The van der Waals surface area contributed by atoms with Crippen molar-refractivity contribution in [3.63, 3.8) is 0 Å². The average molecular weight is 444 g/mol. The van der Waals surface area contributed by atoms with Crippen LogP contribution in [0.15, 0.2) is 48.7 Å². The largest absolute Gasteiger partial charge is 0.507 e. The first-order valence-electron chi connectivity index (χ1n) is 11.5. The zero-order valence-corrected chi connectivity index (χ0v) is 18.8. The van der Waals surface area contributed by atoms with Crippen LogP contribution in [0, 0.1) is 5.92 Å². The van der Waals surface area contributed by atoms with Gasteiger partial charge in [0.1, 0.15) is 11.6 Å². The van der Waals surface area contributed by atoms with Gasteiger partial charge in [-0.25, -0.2) is 9.97 Å². The van der Waals surface area contributed by atoms with E-state index in [1.54, 1.807) is 12.1 Å². The molecule has 3 aromatic rings. The molecule has 33 heavy (non-hydrogen) atoms. The summed E-state index contributed by atoms with van der Waals surface area (Å²) in [5.41, 5.74) is 8.32. The van der Waals surface area contributed by atoms with Gasteiger partial charge in [-0.1, -0.05) is 18.2 Å². The Morgan fingerprint density at radius 2 is 1.91 bits per heavy atom. The third kappa shape index (κ3) is 4.74. The van der Waals surface area contributed by atoms with Crippen LogP contribution >= 0.6 is 0 Å². The minimum atomic E-state index is 0.175. The van der Waals surface area contributed by atoms with Crippen LogP contribution < -0.4 is 15.5 Å². The summed E-state index contributed by atoms with van der Waals surface area (Å²) in [5, 5.41) is 18.6. The van der Waals surface area contributed by atoms with Crippen LogP contribution in [0.25, 0.3) is 17.3 Å². The maximum atomic E-state index is 10.2. The standard InChI is InChI=1S/C25H29N7O/c1-17-11-13-31(21-16-20(29-30-25(21)26)19-4-2-3-5-22(19)33)14-15-32(17)24-10-12-27-23(28-24)9-8-18-6-7-18/h2-5,8-10,12,16-18,33H,6-7,11,13-15H2,1H3,(H2,26,30)/b9-8+. The molecule has 1 unspecified atom stereocenters. The minimum Gasteiger partial charge on any atom is -0.507 e. The second-order valence-electron chi connectivity index (χ2n) is 8.80. The van der Waals surface area contributed by atoms with E-state index in [2.05, 4.69) is 38.0 Å². The number of benzene rings is 1. The van der Waals surface area contributed by atoms with Gasteiger partial charge < -0.3 is 20.6 Å². The molecule has 5 rings (SSSR count). The second-order valence-corrected chi connectivity index (χ2v) is 8.80. The monoisotopic (exact) mass is 443 g/mol. The molecule has 3 N–H and O–H groups in total. The van der Waals surface area contributed by atoms with Gasteiger partial charge in [-0.15, -0.1) is 10.2 Å². The number of para-hydroxylation sites is 1. The SMILES string of the molecule is CC1CCN(c2cc(-c3ccccc3O)nnc2N)CCN1c1ccnc(/C=C/C2CC2)n1. The number of hydrogen-bond donors (Lipinski definition) is 2. The van der Waals surface area contributed by atoms with Gasteiger partial charge in [-0.3, -0.25) is 0 Å². The minimum absolute atomic E-state index is 0.175. The van der Waals surface area contributed by atoms with E-state index in [0.29, 0.717) is 29.0 Å². The summed E-state index contributed by atoms with van der Waals surface area (Å²) in [6.45, 7) is 4.65. The van der Waals surface area contributed by atoms with E-state index in [1.807, 2.05) is 36.5 Å². The van der Waals surface area contributed by atoms with Crippen molar-refractivity contribution in [2.45, 2.75) is 32.2 Å². The van der Waals surface area contributed by atoms with E-state index >= 15 is 0 Å². The average Bonchev–Trinajstić information content (AvgIpc) is 3.67. The summed E-state index contributed by atoms with van der Waals surface area (Å²) >= 11 is 0. The van der Waals surface area contributed by atoms with Crippen LogP contribution in [-0.4, -0.2) is 50.9 Å². The van der Waals surface area contributed by atoms with Crippen LogP contribution in [-0.2, 0) is 0 Å². The van der Waals surface area contributed by atoms with Gasteiger partial charge in [-0.2, -0.15) is 0 Å². The fourth-order valence-electron chi connectivity index (χ4n) is 4.22. The maximum Gasteiger partial charge on any atom is 0.169 e. The summed E-state index contributed by atoms with van der Waals surface area (Å²) in [7, 11) is 0. The zero-order valence-electron chi connectivity index (χ0n) is 18.8. The number of rotatable bonds is 5. The number of nitrogen functional groups attached to an aromatic ring is 1. The van der Waals surface area contributed by atoms with E-state index in [0.717, 1.165) is 43.4 Å². The summed E-state index contributed by atoms with van der Waals surface area (Å²) in [6, 6.07) is 11.4. The summed E-state index contributed by atoms with van der Waals surface area (Å²) in [6.07, 6.45) is 9.59. The van der Waals surface area contributed by atoms with Gasteiger partial charge in [0.25, 0.3) is 0 Å². The molecule has 0 radical (unpaired) electrons. The highest BCUT2D eigenvalue weighted by molar-refractivity contribution is 5.74. The van der Waals surface area contributed by atoms with Gasteiger partial charge in [0.15, 0.2) is 11.6 Å². The van der Waals surface area contributed by atoms with Gasteiger partial charge in [0.2, 0.25) is 0 Å². The Hall–Kier alpha value is -3.68. The van der Waals surface area contributed by atoms with E-state index < -0.39 is 0 Å². The molecule has 1 saturated carbocycles. The summed E-state index contributed by atoms with van der Waals surface area (Å²) in [4.78, 5) is 13.8. The van der Waals surface area contributed by atoms with Crippen molar-refractivity contribution in [3.05, 3.63) is 54.5 Å². The Morgan fingerprint density at radius 3 is 2.73 bits per heavy atom. The van der Waals surface area contributed by atoms with Crippen molar-refractivity contribution in [3.8, 4) is 17.0 Å². The smallest absolute Gasteiger partial charge is 0.169 e. The lowest BCUT2D eigenvalue weighted by molar-refractivity contribution is 0.477. The van der Waals surface area contributed by atoms with Gasteiger partial charge in [-0.05, 0) is 62.4 Å². The molecule has 1 aliphatic heterocycles. The summed E-state index contributed by atoms with van der Waals surface area (Å²) in [5.74, 6) is 2.98. The lowest BCUT2D eigenvalue weighted by Gasteiger charge is -2.28. The first kappa shape index (κ1) is 21.2. The number of nitrogens with zero attached hydrogens (tertiary/aromatic N) is 6. The highest BCUT2D eigenvalue weighted by Crippen LogP contribution is 2.33. The molecule has 170 valence electrons. The summed E-state index contributed by atoms with van der Waals surface area (Å²) < 4.78 is 0. The molecule has 1 atom stereocenters. The molecule has 1 aromatic carbocycles. The van der Waals surface area contributed by atoms with Gasteiger partial charge in [0, 0.05) is 37.4 Å². The number of allylic oxidation sites excluding steroid dienone is 1. The zero-order chi connectivity index (χ0) is 22.8. The third-order valence-electron chi connectivity index (χ3n) is 6.37. The number of anilines is 3. The fourth-order valence-corrected chi connectivity index (χ4v) is 4.22. The molecule has 1 aliphatic carbocycles. The predicted molar refractivity (Wildman–Crippen MR) is 131 cm³/mol. The van der Waals surface area contributed by atoms with Crippen LogP contribution in [0.1, 0.15) is 32.0 Å². The van der Waals surface area contributed by atoms with Crippen LogP contribution in [0.3, 0.4) is 0 Å². The van der Waals surface area contributed by atoms with Crippen LogP contribution in [0.2, 0.25) is 0 Å². The highest BCUT2D eigenvalue weighted by atomic mass is 16.3. The molecular weight excluding hydrogens is 414 g/mol. The van der Waals surface area contributed by atoms with Gasteiger partial charge >= 0.3 is 0 Å². The second kappa shape index (κ2) is 9.05. The van der Waals surface area contributed by atoms with Crippen molar-refractivity contribution in [1.29, 1.82) is 0 Å². The lowest BCUT2D eigenvalue weighted by Crippen LogP contribution is -2.35. The van der Waals surface area contributed by atoms with E-state index in [1.165, 1.54) is 12.8 Å². The van der Waals surface area contributed by atoms with Crippen molar-refractivity contribution in [2.75, 3.05) is 35.2 Å². The van der Waals surface area contributed by atoms with Crippen LogP contribution in [0.4, 0.5) is 17.3 Å². The van der Waals surface area contributed by atoms with Crippen molar-refractivity contribution >= 4 is 23.4 Å². The third-order valence-corrected chi connectivity index (χ3v) is 6.37. The maximum absolute atomic E-state index is 10.2. The Kier molecular flexibility index (Phi) is 5.81. The first-order valence-corrected chi connectivity index (χ1v) is 11.5. The molecule has 8 nitrogen and oxygen atoms in total. The molecule has 0 spiro atoms. The number of phenols is 1. The van der Waals surface area contributed by atoms with E-state index in [9.17, 15) is 5.11 Å². The Bertz CT molecular complexity index is 1160. The predicted octanol–water partition coefficient (Wildman–Crippen LogP) is 3.75. The Morgan fingerprint density at radius 1 is 1.06 bits per heavy atom. The number of hydrogen-bond acceptors (Lipinski definition) is 8. The molecule has 2 aromatic heterocycles. The first-order chi connectivity index (χ1) is 16.1. The van der Waals surface area contributed by atoms with Crippen LogP contribution in [0.5, 0.6) is 5.75 Å². The number of aromatic nitrogens is 4. The Labute approximate surface area is 193 Å². The van der Waals surface area contributed by atoms with E-state index in [-0.39, 0.29) is 5.75 Å². The van der Waals surface area contributed by atoms with Crippen molar-refractivity contribution < 1.29 is 5.11 Å². The normalized spacial score (nSPS) is 19.1. The van der Waals surface area contributed by atoms with E-state index in [4.69, 9.17) is 10.7 Å². The molecule has 0 bridgehead atoms.